The van der Waals surface area contributed by atoms with E-state index in [9.17, 15) is 13.2 Å². The van der Waals surface area contributed by atoms with E-state index in [0.717, 1.165) is 16.7 Å². The molecule has 1 saturated heterocycles. The van der Waals surface area contributed by atoms with E-state index in [0.29, 0.717) is 13.2 Å². The largest absolute Gasteiger partial charge is 0.379 e. The van der Waals surface area contributed by atoms with Gasteiger partial charge in [0.1, 0.15) is 4.90 Å². The summed E-state index contributed by atoms with van der Waals surface area (Å²) in [4.78, 5) is 12.9. The summed E-state index contributed by atoms with van der Waals surface area (Å²) in [5, 5.41) is 4.37. The lowest BCUT2D eigenvalue weighted by Crippen LogP contribution is -2.40. The highest BCUT2D eigenvalue weighted by atomic mass is 32.2. The molecule has 0 saturated carbocycles. The van der Waals surface area contributed by atoms with Gasteiger partial charge in [0.2, 0.25) is 10.0 Å². The van der Waals surface area contributed by atoms with E-state index in [1.807, 2.05) is 32.0 Å². The van der Waals surface area contributed by atoms with Crippen LogP contribution >= 0.6 is 0 Å². The van der Waals surface area contributed by atoms with Crippen molar-refractivity contribution in [3.05, 3.63) is 63.7 Å². The van der Waals surface area contributed by atoms with Crippen LogP contribution in [0.5, 0.6) is 0 Å². The Morgan fingerprint density at radius 3 is 2.64 bits per heavy atom. The quantitative estimate of drug-likeness (QED) is 0.654. The topological polar surface area (TPSA) is 85.9 Å². The molecule has 1 fully saturated rings. The Kier molecular flexibility index (Phi) is 4.82. The van der Waals surface area contributed by atoms with Crippen molar-refractivity contribution in [1.29, 1.82) is 0 Å². The number of pyridine rings is 1. The van der Waals surface area contributed by atoms with Crippen LogP contribution in [0.2, 0.25) is 0 Å². The molecule has 0 N–H and O–H groups in total. The third-order valence-electron chi connectivity index (χ3n) is 4.99. The van der Waals surface area contributed by atoms with Crippen molar-refractivity contribution in [2.75, 3.05) is 26.3 Å². The maximum absolute atomic E-state index is 13.1. The molecule has 3 aromatic rings. The van der Waals surface area contributed by atoms with Gasteiger partial charge in [0.25, 0.3) is 0 Å². The van der Waals surface area contributed by atoms with E-state index < -0.39 is 10.0 Å². The highest BCUT2D eigenvalue weighted by Gasteiger charge is 2.29. The van der Waals surface area contributed by atoms with E-state index in [4.69, 9.17) is 4.74 Å². The Morgan fingerprint density at radius 1 is 1.14 bits per heavy atom. The lowest BCUT2D eigenvalue weighted by Gasteiger charge is -2.25. The summed E-state index contributed by atoms with van der Waals surface area (Å²) in [5.74, 6) is 0. The van der Waals surface area contributed by atoms with Crippen molar-refractivity contribution in [3.63, 3.8) is 0 Å². The monoisotopic (exact) mass is 402 g/mol. The number of nitrogens with zero attached hydrogens (tertiary/aromatic N) is 4. The van der Waals surface area contributed by atoms with E-state index in [1.165, 1.54) is 19.5 Å². The second-order valence-electron chi connectivity index (χ2n) is 6.95. The molecule has 0 atom stereocenters. The first-order valence-corrected chi connectivity index (χ1v) is 10.5. The minimum atomic E-state index is -3.76. The number of rotatable bonds is 4. The summed E-state index contributed by atoms with van der Waals surface area (Å²) in [6.07, 6.45) is 1.54. The molecule has 28 heavy (non-hydrogen) atoms. The number of sulfonamides is 1. The molecule has 0 spiro atoms. The molecular formula is C19H22N4O4S. The molecule has 148 valence electrons. The van der Waals surface area contributed by atoms with Crippen LogP contribution in [0.4, 0.5) is 0 Å². The third-order valence-corrected chi connectivity index (χ3v) is 6.91. The van der Waals surface area contributed by atoms with Gasteiger partial charge in [-0.15, -0.1) is 5.10 Å². The molecule has 8 nitrogen and oxygen atoms in total. The first-order valence-electron chi connectivity index (χ1n) is 9.10. The van der Waals surface area contributed by atoms with Crippen molar-refractivity contribution in [3.8, 4) is 0 Å². The highest BCUT2D eigenvalue weighted by molar-refractivity contribution is 7.89. The third kappa shape index (κ3) is 3.25. The Labute approximate surface area is 163 Å². The number of aryl methyl sites for hydroxylation is 2. The summed E-state index contributed by atoms with van der Waals surface area (Å²) in [6, 6.07) is 9.08. The van der Waals surface area contributed by atoms with Gasteiger partial charge in [0.15, 0.2) is 5.65 Å². The van der Waals surface area contributed by atoms with Crippen LogP contribution in [0.3, 0.4) is 0 Å². The average Bonchev–Trinajstić information content (AvgIpc) is 3.01. The maximum Gasteiger partial charge on any atom is 0.350 e. The Morgan fingerprint density at radius 2 is 1.89 bits per heavy atom. The summed E-state index contributed by atoms with van der Waals surface area (Å²) in [5.41, 5.74) is 2.89. The predicted molar refractivity (Wildman–Crippen MR) is 104 cm³/mol. The fourth-order valence-corrected chi connectivity index (χ4v) is 4.90. The number of hydrogen-bond acceptors (Lipinski definition) is 5. The lowest BCUT2D eigenvalue weighted by atomic mass is 10.1. The van der Waals surface area contributed by atoms with E-state index in [1.54, 1.807) is 12.3 Å². The van der Waals surface area contributed by atoms with Crippen LogP contribution in [0.25, 0.3) is 5.65 Å². The van der Waals surface area contributed by atoms with Crippen LogP contribution in [0.1, 0.15) is 16.7 Å². The number of morpholine rings is 1. The van der Waals surface area contributed by atoms with E-state index >= 15 is 0 Å². The first kappa shape index (κ1) is 18.9. The minimum absolute atomic E-state index is 0.0358. The SMILES string of the molecule is Cc1ccc(C)c(Cn2nc3c(S(=O)(=O)N4CCOCC4)cccn3c2=O)c1. The second-order valence-corrected chi connectivity index (χ2v) is 8.86. The van der Waals surface area contributed by atoms with Gasteiger partial charge in [-0.2, -0.15) is 4.31 Å². The van der Waals surface area contributed by atoms with Crippen molar-refractivity contribution >= 4 is 15.7 Å². The minimum Gasteiger partial charge on any atom is -0.379 e. The summed E-state index contributed by atoms with van der Waals surface area (Å²) < 4.78 is 35.4. The van der Waals surface area contributed by atoms with Gasteiger partial charge in [-0.1, -0.05) is 23.8 Å². The number of aromatic nitrogens is 3. The molecule has 1 aliphatic rings. The molecule has 0 aliphatic carbocycles. The zero-order chi connectivity index (χ0) is 19.9. The Balaban J connectivity index is 1.80. The van der Waals surface area contributed by atoms with E-state index in [-0.39, 0.29) is 35.9 Å². The number of benzene rings is 1. The normalized spacial score (nSPS) is 15.9. The molecule has 0 unspecified atom stereocenters. The standard InChI is InChI=1S/C19H22N4O4S/c1-14-5-6-15(2)16(12-14)13-23-19(24)22-7-3-4-17(18(22)20-23)28(25,26)21-8-10-27-11-9-21/h3-7,12H,8-11,13H2,1-2H3. The molecule has 2 aromatic heterocycles. The smallest absolute Gasteiger partial charge is 0.350 e. The average molecular weight is 402 g/mol. The number of fused-ring (bicyclic) bond motifs is 1. The zero-order valence-electron chi connectivity index (χ0n) is 15.8. The zero-order valence-corrected chi connectivity index (χ0v) is 16.6. The predicted octanol–water partition coefficient (Wildman–Crippen LogP) is 1.18. The van der Waals surface area contributed by atoms with Crippen molar-refractivity contribution in [2.45, 2.75) is 25.3 Å². The van der Waals surface area contributed by atoms with Crippen molar-refractivity contribution in [1.82, 2.24) is 18.5 Å². The number of hydrogen-bond donors (Lipinski definition) is 0. The number of ether oxygens (including phenoxy) is 1. The van der Waals surface area contributed by atoms with Gasteiger partial charge in [-0.25, -0.2) is 22.3 Å². The van der Waals surface area contributed by atoms with Gasteiger partial charge in [-0.3, -0.25) is 0 Å². The van der Waals surface area contributed by atoms with Gasteiger partial charge in [0, 0.05) is 19.3 Å². The first-order chi connectivity index (χ1) is 13.4. The van der Waals surface area contributed by atoms with Crippen molar-refractivity contribution in [2.24, 2.45) is 0 Å². The van der Waals surface area contributed by atoms with Crippen LogP contribution in [-0.2, 0) is 21.3 Å². The van der Waals surface area contributed by atoms with Gasteiger partial charge in [-0.05, 0) is 37.1 Å². The summed E-state index contributed by atoms with van der Waals surface area (Å²) in [7, 11) is -3.76. The second kappa shape index (κ2) is 7.16. The molecule has 9 heteroatoms. The molecule has 0 amide bonds. The molecular weight excluding hydrogens is 380 g/mol. The summed E-state index contributed by atoms with van der Waals surface area (Å²) >= 11 is 0. The van der Waals surface area contributed by atoms with Crippen LogP contribution in [0, 0.1) is 13.8 Å². The van der Waals surface area contributed by atoms with Gasteiger partial charge in [0.05, 0.1) is 19.8 Å². The molecule has 4 rings (SSSR count). The van der Waals surface area contributed by atoms with Crippen LogP contribution in [-0.4, -0.2) is 53.2 Å². The fourth-order valence-electron chi connectivity index (χ4n) is 3.38. The Hall–Kier alpha value is -2.49. The molecule has 3 heterocycles. The summed E-state index contributed by atoms with van der Waals surface area (Å²) in [6.45, 7) is 5.54. The van der Waals surface area contributed by atoms with Gasteiger partial charge < -0.3 is 4.74 Å². The Bertz CT molecular complexity index is 1190. The molecule has 1 aromatic carbocycles. The van der Waals surface area contributed by atoms with Crippen LogP contribution in [0.15, 0.2) is 46.2 Å². The molecule has 0 bridgehead atoms. The molecule has 0 radical (unpaired) electrons. The van der Waals surface area contributed by atoms with E-state index in [2.05, 4.69) is 5.10 Å². The maximum atomic E-state index is 13.1. The highest BCUT2D eigenvalue weighted by Crippen LogP contribution is 2.20. The molecule has 1 aliphatic heterocycles. The fraction of sp³-hybridized carbons (Fsp3) is 0.368. The lowest BCUT2D eigenvalue weighted by molar-refractivity contribution is 0.0730. The van der Waals surface area contributed by atoms with Crippen LogP contribution < -0.4 is 5.69 Å². The van der Waals surface area contributed by atoms with Crippen molar-refractivity contribution < 1.29 is 13.2 Å². The van der Waals surface area contributed by atoms with Gasteiger partial charge >= 0.3 is 5.69 Å².